The quantitative estimate of drug-likeness (QED) is 0.846. The van der Waals surface area contributed by atoms with Crippen LogP contribution in [0.2, 0.25) is 0 Å². The lowest BCUT2D eigenvalue weighted by Gasteiger charge is -2.31. The van der Waals surface area contributed by atoms with E-state index in [-0.39, 0.29) is 6.42 Å². The van der Waals surface area contributed by atoms with Crippen molar-refractivity contribution < 1.29 is 9.90 Å². The first-order chi connectivity index (χ1) is 7.77. The Morgan fingerprint density at radius 3 is 2.94 bits per heavy atom. The van der Waals surface area contributed by atoms with Crippen molar-refractivity contribution in [3.63, 3.8) is 0 Å². The summed E-state index contributed by atoms with van der Waals surface area (Å²) in [6.07, 6.45) is 9.18. The van der Waals surface area contributed by atoms with Crippen LogP contribution in [0.4, 0.5) is 0 Å². The third-order valence-corrected chi connectivity index (χ3v) is 3.38. The Labute approximate surface area is 94.5 Å². The number of hydrogen-bond donors (Lipinski definition) is 1. The normalized spacial score (nSPS) is 25.5. The third-order valence-electron chi connectivity index (χ3n) is 3.38. The molecule has 1 aliphatic rings. The average molecular weight is 223 g/mol. The lowest BCUT2D eigenvalue weighted by Crippen LogP contribution is -2.24. The molecule has 1 fully saturated rings. The van der Waals surface area contributed by atoms with Gasteiger partial charge in [0.25, 0.3) is 0 Å². The third kappa shape index (κ3) is 2.59. The van der Waals surface area contributed by atoms with Gasteiger partial charge in [-0.15, -0.1) is 5.10 Å². The molecule has 2 rings (SSSR count). The van der Waals surface area contributed by atoms with Gasteiger partial charge < -0.3 is 5.11 Å². The average Bonchev–Trinajstić information content (AvgIpc) is 2.80. The lowest BCUT2D eigenvalue weighted by molar-refractivity contribution is -0.137. The van der Waals surface area contributed by atoms with Crippen LogP contribution in [0.3, 0.4) is 0 Å². The number of carboxylic acids is 1. The van der Waals surface area contributed by atoms with Gasteiger partial charge in [0.05, 0.1) is 12.2 Å². The predicted octanol–water partition coefficient (Wildman–Crippen LogP) is 1.87. The van der Waals surface area contributed by atoms with Gasteiger partial charge in [0, 0.05) is 12.6 Å². The molecule has 1 N–H and O–H groups in total. The fourth-order valence-corrected chi connectivity index (χ4v) is 2.58. The van der Waals surface area contributed by atoms with Crippen molar-refractivity contribution in [1.29, 1.82) is 0 Å². The molecule has 16 heavy (non-hydrogen) atoms. The van der Waals surface area contributed by atoms with Crippen molar-refractivity contribution >= 4 is 5.97 Å². The van der Waals surface area contributed by atoms with Crippen LogP contribution in [0, 0.1) is 5.92 Å². The van der Waals surface area contributed by atoms with E-state index in [0.29, 0.717) is 12.0 Å². The zero-order valence-corrected chi connectivity index (χ0v) is 9.25. The summed E-state index contributed by atoms with van der Waals surface area (Å²) in [7, 11) is 0. The van der Waals surface area contributed by atoms with Crippen molar-refractivity contribution in [1.82, 2.24) is 15.0 Å². The molecule has 0 aliphatic heterocycles. The lowest BCUT2D eigenvalue weighted by atomic mass is 9.82. The molecule has 1 aromatic heterocycles. The summed E-state index contributed by atoms with van der Waals surface area (Å²) in [4.78, 5) is 10.6. The second kappa shape index (κ2) is 5.09. The molecule has 0 spiro atoms. The molecule has 0 saturated heterocycles. The molecular formula is C11H17N3O2. The summed E-state index contributed by atoms with van der Waals surface area (Å²) in [5, 5.41) is 16.6. The largest absolute Gasteiger partial charge is 0.481 e. The first kappa shape index (κ1) is 11.1. The summed E-state index contributed by atoms with van der Waals surface area (Å²) in [5.74, 6) is -0.269. The summed E-state index contributed by atoms with van der Waals surface area (Å²) in [6.45, 7) is 0. The van der Waals surface area contributed by atoms with Crippen molar-refractivity contribution in [2.75, 3.05) is 0 Å². The van der Waals surface area contributed by atoms with Gasteiger partial charge in [-0.05, 0) is 25.2 Å². The van der Waals surface area contributed by atoms with Crippen molar-refractivity contribution in [3.8, 4) is 0 Å². The molecule has 1 heterocycles. The fourth-order valence-electron chi connectivity index (χ4n) is 2.58. The molecule has 0 radical (unpaired) electrons. The number of rotatable bonds is 4. The van der Waals surface area contributed by atoms with Gasteiger partial charge in [-0.2, -0.15) is 0 Å². The maximum atomic E-state index is 10.6. The molecule has 0 bridgehead atoms. The Bertz CT molecular complexity index is 337. The van der Waals surface area contributed by atoms with Crippen LogP contribution in [0.1, 0.15) is 44.6 Å². The molecular weight excluding hydrogens is 206 g/mol. The number of carbonyl (C=O) groups is 1. The van der Waals surface area contributed by atoms with Crippen LogP contribution in [0.25, 0.3) is 0 Å². The maximum absolute atomic E-state index is 10.6. The van der Waals surface area contributed by atoms with Gasteiger partial charge in [-0.1, -0.05) is 18.1 Å². The molecule has 0 aromatic carbocycles. The Kier molecular flexibility index (Phi) is 3.54. The van der Waals surface area contributed by atoms with Crippen LogP contribution < -0.4 is 0 Å². The maximum Gasteiger partial charge on any atom is 0.303 e. The van der Waals surface area contributed by atoms with E-state index in [1.807, 2.05) is 10.9 Å². The molecule has 88 valence electrons. The Morgan fingerprint density at radius 1 is 1.44 bits per heavy atom. The van der Waals surface area contributed by atoms with Crippen molar-refractivity contribution in [2.45, 2.75) is 44.6 Å². The van der Waals surface area contributed by atoms with E-state index in [1.165, 1.54) is 12.8 Å². The van der Waals surface area contributed by atoms with Crippen LogP contribution in [-0.2, 0) is 4.79 Å². The van der Waals surface area contributed by atoms with Gasteiger partial charge in [0.15, 0.2) is 0 Å². The molecule has 1 aliphatic carbocycles. The highest BCUT2D eigenvalue weighted by molar-refractivity contribution is 5.66. The van der Waals surface area contributed by atoms with Crippen LogP contribution in [0.5, 0.6) is 0 Å². The zero-order valence-electron chi connectivity index (χ0n) is 9.25. The highest BCUT2D eigenvalue weighted by Gasteiger charge is 2.27. The molecule has 1 aromatic rings. The van der Waals surface area contributed by atoms with Gasteiger partial charge in [0.2, 0.25) is 0 Å². The molecule has 2 unspecified atom stereocenters. The number of aromatic nitrogens is 3. The van der Waals surface area contributed by atoms with Crippen molar-refractivity contribution in [3.05, 3.63) is 12.4 Å². The fraction of sp³-hybridized carbons (Fsp3) is 0.727. The standard InChI is InChI=1S/C11H17N3O2/c15-11(16)6-5-9-3-1-2-4-10(9)14-8-7-12-13-14/h7-10H,1-6H2,(H,15,16). The predicted molar refractivity (Wildman–Crippen MR) is 57.9 cm³/mol. The Hall–Kier alpha value is -1.39. The monoisotopic (exact) mass is 223 g/mol. The van der Waals surface area contributed by atoms with E-state index in [9.17, 15) is 4.79 Å². The second-order valence-electron chi connectivity index (χ2n) is 4.43. The number of carboxylic acid groups (broad SMARTS) is 1. The van der Waals surface area contributed by atoms with Crippen LogP contribution in [-0.4, -0.2) is 26.1 Å². The minimum absolute atomic E-state index is 0.260. The minimum Gasteiger partial charge on any atom is -0.481 e. The highest BCUT2D eigenvalue weighted by atomic mass is 16.4. The van der Waals surface area contributed by atoms with Gasteiger partial charge in [-0.25, -0.2) is 4.68 Å². The topological polar surface area (TPSA) is 68.0 Å². The smallest absolute Gasteiger partial charge is 0.303 e. The Balaban J connectivity index is 2.00. The molecule has 2 atom stereocenters. The first-order valence-electron chi connectivity index (χ1n) is 5.85. The van der Waals surface area contributed by atoms with E-state index in [0.717, 1.165) is 19.3 Å². The zero-order chi connectivity index (χ0) is 11.4. The number of nitrogens with zero attached hydrogens (tertiary/aromatic N) is 3. The van der Waals surface area contributed by atoms with Crippen LogP contribution in [0.15, 0.2) is 12.4 Å². The molecule has 0 amide bonds. The Morgan fingerprint density at radius 2 is 2.25 bits per heavy atom. The molecule has 5 heteroatoms. The van der Waals surface area contributed by atoms with E-state index in [1.54, 1.807) is 6.20 Å². The van der Waals surface area contributed by atoms with E-state index >= 15 is 0 Å². The minimum atomic E-state index is -0.706. The summed E-state index contributed by atoms with van der Waals surface area (Å²) >= 11 is 0. The second-order valence-corrected chi connectivity index (χ2v) is 4.43. The van der Waals surface area contributed by atoms with E-state index in [2.05, 4.69) is 10.3 Å². The summed E-state index contributed by atoms with van der Waals surface area (Å²) < 4.78 is 1.89. The van der Waals surface area contributed by atoms with Crippen LogP contribution >= 0.6 is 0 Å². The number of hydrogen-bond acceptors (Lipinski definition) is 3. The molecule has 5 nitrogen and oxygen atoms in total. The van der Waals surface area contributed by atoms with E-state index in [4.69, 9.17) is 5.11 Å². The summed E-state index contributed by atoms with van der Waals surface area (Å²) in [6, 6.07) is 0.343. The molecule has 1 saturated carbocycles. The first-order valence-corrected chi connectivity index (χ1v) is 5.85. The van der Waals surface area contributed by atoms with E-state index < -0.39 is 5.97 Å². The van der Waals surface area contributed by atoms with Crippen molar-refractivity contribution in [2.24, 2.45) is 5.92 Å². The number of aliphatic carboxylic acids is 1. The highest BCUT2D eigenvalue weighted by Crippen LogP contribution is 2.35. The summed E-state index contributed by atoms with van der Waals surface area (Å²) in [5.41, 5.74) is 0. The van der Waals surface area contributed by atoms with Gasteiger partial charge in [-0.3, -0.25) is 4.79 Å². The SMILES string of the molecule is O=C(O)CCC1CCCCC1n1ccnn1. The van der Waals surface area contributed by atoms with Gasteiger partial charge in [0.1, 0.15) is 0 Å². The van der Waals surface area contributed by atoms with Gasteiger partial charge >= 0.3 is 5.97 Å².